The van der Waals surface area contributed by atoms with Gasteiger partial charge in [0, 0.05) is 36.5 Å². The molecule has 0 spiro atoms. The van der Waals surface area contributed by atoms with E-state index < -0.39 is 0 Å². The van der Waals surface area contributed by atoms with Crippen molar-refractivity contribution in [3.8, 4) is 11.4 Å². The van der Waals surface area contributed by atoms with Crippen molar-refractivity contribution < 1.29 is 0 Å². The van der Waals surface area contributed by atoms with Crippen LogP contribution in [0.4, 0.5) is 11.9 Å². The molecule has 0 aliphatic heterocycles. The lowest BCUT2D eigenvalue weighted by molar-refractivity contribution is 0.954. The van der Waals surface area contributed by atoms with Crippen LogP contribution < -0.4 is 10.2 Å². The van der Waals surface area contributed by atoms with E-state index in [1.54, 1.807) is 11.3 Å². The summed E-state index contributed by atoms with van der Waals surface area (Å²) < 4.78 is 0. The van der Waals surface area contributed by atoms with Gasteiger partial charge in [-0.2, -0.15) is 15.0 Å². The van der Waals surface area contributed by atoms with Crippen molar-refractivity contribution in [2.45, 2.75) is 13.8 Å². The molecule has 96 valence electrons. The van der Waals surface area contributed by atoms with Crippen LogP contribution in [0.2, 0.25) is 0 Å². The largest absolute Gasteiger partial charge is 0.354 e. The number of hydrogen-bond acceptors (Lipinski definition) is 6. The van der Waals surface area contributed by atoms with Crippen LogP contribution in [0.1, 0.15) is 11.8 Å². The fourth-order valence-corrected chi connectivity index (χ4v) is 2.17. The fraction of sp³-hybridized carbons (Fsp3) is 0.417. The highest BCUT2D eigenvalue weighted by Gasteiger charge is 2.10. The van der Waals surface area contributed by atoms with E-state index in [1.807, 2.05) is 25.9 Å². The van der Waals surface area contributed by atoms with Gasteiger partial charge < -0.3 is 10.2 Å². The highest BCUT2D eigenvalue weighted by atomic mass is 32.1. The van der Waals surface area contributed by atoms with Gasteiger partial charge in [0.25, 0.3) is 0 Å². The van der Waals surface area contributed by atoms with Gasteiger partial charge in [-0.3, -0.25) is 0 Å². The lowest BCUT2D eigenvalue weighted by Gasteiger charge is -2.12. The van der Waals surface area contributed by atoms with E-state index in [0.29, 0.717) is 17.7 Å². The molecule has 0 atom stereocenters. The Hall–Kier alpha value is -1.69. The van der Waals surface area contributed by atoms with Crippen molar-refractivity contribution in [2.75, 3.05) is 30.9 Å². The lowest BCUT2D eigenvalue weighted by Crippen LogP contribution is -2.15. The maximum absolute atomic E-state index is 4.47. The highest BCUT2D eigenvalue weighted by Crippen LogP contribution is 2.24. The molecule has 5 nitrogen and oxygen atoms in total. The molecule has 2 aromatic rings. The average Bonchev–Trinajstić information content (AvgIpc) is 2.76. The number of anilines is 2. The summed E-state index contributed by atoms with van der Waals surface area (Å²) >= 11 is 1.70. The molecule has 2 heterocycles. The van der Waals surface area contributed by atoms with Gasteiger partial charge in [0.05, 0.1) is 0 Å². The Morgan fingerprint density at radius 3 is 2.61 bits per heavy atom. The van der Waals surface area contributed by atoms with Crippen LogP contribution in [0.3, 0.4) is 0 Å². The molecular weight excluding hydrogens is 246 g/mol. The molecule has 6 heteroatoms. The quantitative estimate of drug-likeness (QED) is 0.918. The number of rotatable bonds is 4. The molecule has 0 aromatic carbocycles. The topological polar surface area (TPSA) is 53.9 Å². The van der Waals surface area contributed by atoms with Gasteiger partial charge >= 0.3 is 0 Å². The summed E-state index contributed by atoms with van der Waals surface area (Å²) in [5, 5.41) is 5.20. The summed E-state index contributed by atoms with van der Waals surface area (Å²) in [6, 6.07) is 2.09. The zero-order valence-electron chi connectivity index (χ0n) is 11.1. The monoisotopic (exact) mass is 263 g/mol. The van der Waals surface area contributed by atoms with E-state index >= 15 is 0 Å². The van der Waals surface area contributed by atoms with Crippen LogP contribution in [0.25, 0.3) is 11.4 Å². The van der Waals surface area contributed by atoms with Crippen molar-refractivity contribution in [1.82, 2.24) is 15.0 Å². The van der Waals surface area contributed by atoms with Crippen molar-refractivity contribution in [3.05, 3.63) is 16.3 Å². The van der Waals surface area contributed by atoms with Crippen LogP contribution >= 0.6 is 11.3 Å². The summed E-state index contributed by atoms with van der Waals surface area (Å²) in [6.07, 6.45) is 0. The minimum Gasteiger partial charge on any atom is -0.354 e. The first-order chi connectivity index (χ1) is 8.60. The first-order valence-electron chi connectivity index (χ1n) is 5.83. The molecule has 18 heavy (non-hydrogen) atoms. The molecule has 0 unspecified atom stereocenters. The van der Waals surface area contributed by atoms with Crippen LogP contribution in [0.5, 0.6) is 0 Å². The predicted molar refractivity (Wildman–Crippen MR) is 76.4 cm³/mol. The minimum absolute atomic E-state index is 0.620. The van der Waals surface area contributed by atoms with Gasteiger partial charge in [0.15, 0.2) is 5.82 Å². The second-order valence-electron chi connectivity index (χ2n) is 4.15. The zero-order valence-corrected chi connectivity index (χ0v) is 11.9. The van der Waals surface area contributed by atoms with Gasteiger partial charge in [-0.25, -0.2) is 0 Å². The smallest absolute Gasteiger partial charge is 0.230 e. The number of aryl methyl sites for hydroxylation is 1. The van der Waals surface area contributed by atoms with Crippen molar-refractivity contribution in [3.63, 3.8) is 0 Å². The third-order valence-electron chi connectivity index (χ3n) is 2.35. The zero-order chi connectivity index (χ0) is 13.1. The Morgan fingerprint density at radius 2 is 2.06 bits per heavy atom. The van der Waals surface area contributed by atoms with E-state index in [-0.39, 0.29) is 0 Å². The van der Waals surface area contributed by atoms with Gasteiger partial charge in [-0.05, 0) is 19.9 Å². The fourth-order valence-electron chi connectivity index (χ4n) is 1.49. The van der Waals surface area contributed by atoms with E-state index in [9.17, 15) is 0 Å². The third-order valence-corrected chi connectivity index (χ3v) is 3.21. The molecule has 0 radical (unpaired) electrons. The first-order valence-corrected chi connectivity index (χ1v) is 6.71. The first kappa shape index (κ1) is 12.8. The van der Waals surface area contributed by atoms with E-state index in [2.05, 4.69) is 38.6 Å². The number of aromatic nitrogens is 3. The van der Waals surface area contributed by atoms with Gasteiger partial charge in [0.1, 0.15) is 0 Å². The van der Waals surface area contributed by atoms with Gasteiger partial charge in [-0.15, -0.1) is 11.3 Å². The average molecular weight is 263 g/mol. The summed E-state index contributed by atoms with van der Waals surface area (Å²) in [6.45, 7) is 4.89. The molecule has 0 amide bonds. The summed E-state index contributed by atoms with van der Waals surface area (Å²) in [5.74, 6) is 2.00. The number of hydrogen-bond donors (Lipinski definition) is 1. The maximum atomic E-state index is 4.47. The van der Waals surface area contributed by atoms with E-state index in [1.165, 1.54) is 4.88 Å². The standard InChI is InChI=1S/C12H17N5S/c1-5-13-11-14-10(9-6-8(2)18-7-9)15-12(16-11)17(3)4/h6-7H,5H2,1-4H3,(H,13,14,15,16). The predicted octanol–water partition coefficient (Wildman–Crippen LogP) is 2.41. The number of nitrogens with zero attached hydrogens (tertiary/aromatic N) is 4. The second-order valence-corrected chi connectivity index (χ2v) is 5.27. The third kappa shape index (κ3) is 2.76. The molecular formula is C12H17N5S. The van der Waals surface area contributed by atoms with Crippen molar-refractivity contribution in [2.24, 2.45) is 0 Å². The summed E-state index contributed by atoms with van der Waals surface area (Å²) in [5.41, 5.74) is 1.04. The molecule has 0 saturated heterocycles. The number of thiophene rings is 1. The van der Waals surface area contributed by atoms with Crippen molar-refractivity contribution in [1.29, 1.82) is 0 Å². The molecule has 0 fully saturated rings. The normalized spacial score (nSPS) is 10.4. The van der Waals surface area contributed by atoms with Crippen LogP contribution in [-0.4, -0.2) is 35.6 Å². The summed E-state index contributed by atoms with van der Waals surface area (Å²) in [4.78, 5) is 16.4. The SMILES string of the molecule is CCNc1nc(-c2csc(C)c2)nc(N(C)C)n1. The highest BCUT2D eigenvalue weighted by molar-refractivity contribution is 7.10. The Kier molecular flexibility index (Phi) is 3.76. The van der Waals surface area contributed by atoms with E-state index in [0.717, 1.165) is 12.1 Å². The second kappa shape index (κ2) is 5.30. The van der Waals surface area contributed by atoms with Gasteiger partial charge in [-0.1, -0.05) is 0 Å². The number of nitrogens with one attached hydrogen (secondary N) is 1. The molecule has 0 aliphatic rings. The van der Waals surface area contributed by atoms with Crippen LogP contribution in [-0.2, 0) is 0 Å². The van der Waals surface area contributed by atoms with Crippen molar-refractivity contribution >= 4 is 23.2 Å². The molecule has 2 rings (SSSR count). The Labute approximate surface area is 111 Å². The Balaban J connectivity index is 2.45. The lowest BCUT2D eigenvalue weighted by atomic mass is 10.3. The molecule has 1 N–H and O–H groups in total. The summed E-state index contributed by atoms with van der Waals surface area (Å²) in [7, 11) is 3.85. The maximum Gasteiger partial charge on any atom is 0.230 e. The van der Waals surface area contributed by atoms with Crippen LogP contribution in [0.15, 0.2) is 11.4 Å². The van der Waals surface area contributed by atoms with Crippen LogP contribution in [0, 0.1) is 6.92 Å². The molecule has 0 saturated carbocycles. The van der Waals surface area contributed by atoms with E-state index in [4.69, 9.17) is 0 Å². The van der Waals surface area contributed by atoms with Gasteiger partial charge in [0.2, 0.25) is 11.9 Å². The molecule has 0 bridgehead atoms. The molecule has 0 aliphatic carbocycles. The minimum atomic E-state index is 0.620. The Morgan fingerprint density at radius 1 is 1.28 bits per heavy atom. The molecule has 2 aromatic heterocycles. The Bertz CT molecular complexity index is 535.